The Morgan fingerprint density at radius 2 is 1.89 bits per heavy atom. The summed E-state index contributed by atoms with van der Waals surface area (Å²) in [6, 6.07) is 10.5. The molecule has 0 aliphatic heterocycles. The summed E-state index contributed by atoms with van der Waals surface area (Å²) < 4.78 is 19.9. The van der Waals surface area contributed by atoms with E-state index in [9.17, 15) is 4.39 Å². The first-order valence-corrected chi connectivity index (χ1v) is 6.99. The Kier molecular flexibility index (Phi) is 4.48. The van der Waals surface area contributed by atoms with Gasteiger partial charge < -0.3 is 4.74 Å². The van der Waals surface area contributed by atoms with Crippen LogP contribution in [0.3, 0.4) is 0 Å². The Morgan fingerprint density at radius 1 is 1.16 bits per heavy atom. The van der Waals surface area contributed by atoms with Gasteiger partial charge in [-0.2, -0.15) is 0 Å². The fourth-order valence-electron chi connectivity index (χ4n) is 1.89. The molecule has 2 rings (SSSR count). The van der Waals surface area contributed by atoms with E-state index in [1.165, 1.54) is 13.2 Å². The van der Waals surface area contributed by atoms with Crippen molar-refractivity contribution >= 4 is 27.5 Å². The van der Waals surface area contributed by atoms with Crippen LogP contribution in [0.2, 0.25) is 0 Å². The molecule has 100 valence electrons. The maximum Gasteiger partial charge on any atom is 0.131 e. The van der Waals surface area contributed by atoms with E-state index in [4.69, 9.17) is 16.3 Å². The van der Waals surface area contributed by atoms with Crippen LogP contribution in [0.5, 0.6) is 5.75 Å². The normalized spacial score (nSPS) is 12.3. The molecule has 0 fully saturated rings. The number of alkyl halides is 1. The zero-order chi connectivity index (χ0) is 14.0. The molecular weight excluding hydrogens is 331 g/mol. The molecule has 0 bridgehead atoms. The summed E-state index contributed by atoms with van der Waals surface area (Å²) in [5.74, 6) is 0.120. The predicted molar refractivity (Wildman–Crippen MR) is 79.5 cm³/mol. The summed E-state index contributed by atoms with van der Waals surface area (Å²) in [5, 5.41) is -0.525. The van der Waals surface area contributed by atoms with E-state index >= 15 is 0 Å². The van der Waals surface area contributed by atoms with Gasteiger partial charge in [-0.25, -0.2) is 4.39 Å². The third-order valence-corrected chi connectivity index (χ3v) is 3.96. The monoisotopic (exact) mass is 342 g/mol. The van der Waals surface area contributed by atoms with Crippen molar-refractivity contribution in [3.63, 3.8) is 0 Å². The van der Waals surface area contributed by atoms with Gasteiger partial charge in [0.05, 0.1) is 12.5 Å². The summed E-state index contributed by atoms with van der Waals surface area (Å²) in [6.45, 7) is 1.96. The Hall–Kier alpha value is -1.06. The Balaban J connectivity index is 2.43. The molecule has 1 unspecified atom stereocenters. The molecule has 0 N–H and O–H groups in total. The van der Waals surface area contributed by atoms with Gasteiger partial charge >= 0.3 is 0 Å². The maximum atomic E-state index is 14.0. The highest BCUT2D eigenvalue weighted by atomic mass is 79.9. The standard InChI is InChI=1S/C15H13BrClFO/c1-9-3-4-10(16)7-13(9)15(17)12-6-5-11(19-2)8-14(12)18/h3-8,15H,1-2H3. The van der Waals surface area contributed by atoms with Gasteiger partial charge in [-0.15, -0.1) is 11.6 Å². The van der Waals surface area contributed by atoms with Gasteiger partial charge in [0.2, 0.25) is 0 Å². The number of halogens is 3. The van der Waals surface area contributed by atoms with E-state index < -0.39 is 5.38 Å². The number of ether oxygens (including phenoxy) is 1. The summed E-state index contributed by atoms with van der Waals surface area (Å²) in [6.07, 6.45) is 0. The number of benzene rings is 2. The van der Waals surface area contributed by atoms with Crippen LogP contribution in [0, 0.1) is 12.7 Å². The molecule has 0 amide bonds. The lowest BCUT2D eigenvalue weighted by atomic mass is 9.99. The van der Waals surface area contributed by atoms with E-state index in [2.05, 4.69) is 15.9 Å². The van der Waals surface area contributed by atoms with Gasteiger partial charge in [0.25, 0.3) is 0 Å². The molecule has 0 aliphatic carbocycles. The first-order chi connectivity index (χ1) is 9.02. The highest BCUT2D eigenvalue weighted by molar-refractivity contribution is 9.10. The Bertz CT molecular complexity index is 601. The number of rotatable bonds is 3. The molecule has 4 heteroatoms. The number of hydrogen-bond donors (Lipinski definition) is 0. The van der Waals surface area contributed by atoms with Gasteiger partial charge in [0.1, 0.15) is 11.6 Å². The lowest BCUT2D eigenvalue weighted by Crippen LogP contribution is -2.00. The SMILES string of the molecule is COc1ccc(C(Cl)c2cc(Br)ccc2C)c(F)c1. The van der Waals surface area contributed by atoms with Crippen LogP contribution in [-0.2, 0) is 0 Å². The second-order valence-electron chi connectivity index (χ2n) is 4.25. The average molecular weight is 344 g/mol. The molecule has 0 saturated heterocycles. The van der Waals surface area contributed by atoms with Gasteiger partial charge in [-0.3, -0.25) is 0 Å². The Morgan fingerprint density at radius 3 is 2.53 bits per heavy atom. The van der Waals surface area contributed by atoms with Crippen LogP contribution >= 0.6 is 27.5 Å². The largest absolute Gasteiger partial charge is 0.497 e. The molecule has 0 radical (unpaired) electrons. The molecule has 2 aromatic carbocycles. The summed E-state index contributed by atoms with van der Waals surface area (Å²) in [4.78, 5) is 0. The van der Waals surface area contributed by atoms with E-state index in [0.717, 1.165) is 15.6 Å². The molecule has 1 atom stereocenters. The molecule has 0 saturated carbocycles. The second-order valence-corrected chi connectivity index (χ2v) is 5.60. The van der Waals surface area contributed by atoms with Gasteiger partial charge in [-0.1, -0.05) is 28.1 Å². The topological polar surface area (TPSA) is 9.23 Å². The number of aryl methyl sites for hydroxylation is 1. The fourth-order valence-corrected chi connectivity index (χ4v) is 2.68. The minimum Gasteiger partial charge on any atom is -0.497 e. The third-order valence-electron chi connectivity index (χ3n) is 3.00. The maximum absolute atomic E-state index is 14.0. The van der Waals surface area contributed by atoms with Crippen LogP contribution in [-0.4, -0.2) is 7.11 Å². The average Bonchev–Trinajstić information content (AvgIpc) is 2.40. The molecule has 0 aliphatic rings. The minimum atomic E-state index is -0.525. The van der Waals surface area contributed by atoms with Crippen LogP contribution in [0.15, 0.2) is 40.9 Å². The van der Waals surface area contributed by atoms with Crippen LogP contribution in [0.1, 0.15) is 22.1 Å². The van der Waals surface area contributed by atoms with Crippen molar-refractivity contribution < 1.29 is 9.13 Å². The van der Waals surface area contributed by atoms with Gasteiger partial charge in [0.15, 0.2) is 0 Å². The van der Waals surface area contributed by atoms with Crippen molar-refractivity contribution in [2.24, 2.45) is 0 Å². The van der Waals surface area contributed by atoms with Gasteiger partial charge in [0, 0.05) is 16.1 Å². The first kappa shape index (κ1) is 14.4. The Labute approximate surface area is 125 Å². The highest BCUT2D eigenvalue weighted by Gasteiger charge is 2.18. The zero-order valence-corrected chi connectivity index (χ0v) is 12.9. The molecule has 1 nitrogen and oxygen atoms in total. The van der Waals surface area contributed by atoms with Crippen molar-refractivity contribution in [2.45, 2.75) is 12.3 Å². The van der Waals surface area contributed by atoms with E-state index in [-0.39, 0.29) is 5.82 Å². The lowest BCUT2D eigenvalue weighted by molar-refractivity contribution is 0.410. The van der Waals surface area contributed by atoms with Crippen molar-refractivity contribution in [3.8, 4) is 5.75 Å². The molecule has 2 aromatic rings. The van der Waals surface area contributed by atoms with Crippen LogP contribution < -0.4 is 4.74 Å². The molecule has 19 heavy (non-hydrogen) atoms. The fraction of sp³-hybridized carbons (Fsp3) is 0.200. The second kappa shape index (κ2) is 5.93. The molecule has 0 heterocycles. The summed E-state index contributed by atoms with van der Waals surface area (Å²) in [5.41, 5.74) is 2.36. The highest BCUT2D eigenvalue weighted by Crippen LogP contribution is 2.35. The summed E-state index contributed by atoms with van der Waals surface area (Å²) >= 11 is 9.81. The van der Waals surface area contributed by atoms with Gasteiger partial charge in [-0.05, 0) is 36.2 Å². The quantitative estimate of drug-likeness (QED) is 0.693. The number of methoxy groups -OCH3 is 1. The molecule has 0 aromatic heterocycles. The van der Waals surface area contributed by atoms with Crippen LogP contribution in [0.4, 0.5) is 4.39 Å². The van der Waals surface area contributed by atoms with Crippen molar-refractivity contribution in [2.75, 3.05) is 7.11 Å². The minimum absolute atomic E-state index is 0.362. The lowest BCUT2D eigenvalue weighted by Gasteiger charge is -2.15. The number of hydrogen-bond acceptors (Lipinski definition) is 1. The third kappa shape index (κ3) is 3.10. The van der Waals surface area contributed by atoms with Crippen molar-refractivity contribution in [1.29, 1.82) is 0 Å². The van der Waals surface area contributed by atoms with Crippen molar-refractivity contribution in [3.05, 3.63) is 63.4 Å². The summed E-state index contributed by atoms with van der Waals surface area (Å²) in [7, 11) is 1.51. The van der Waals surface area contributed by atoms with Crippen molar-refractivity contribution in [1.82, 2.24) is 0 Å². The smallest absolute Gasteiger partial charge is 0.131 e. The molecular formula is C15H13BrClFO. The zero-order valence-electron chi connectivity index (χ0n) is 10.6. The first-order valence-electron chi connectivity index (χ1n) is 5.76. The van der Waals surface area contributed by atoms with Crippen LogP contribution in [0.25, 0.3) is 0 Å². The van der Waals surface area contributed by atoms with E-state index in [1.54, 1.807) is 12.1 Å². The molecule has 0 spiro atoms. The van der Waals surface area contributed by atoms with E-state index in [0.29, 0.717) is 11.3 Å². The van der Waals surface area contributed by atoms with E-state index in [1.807, 2.05) is 25.1 Å². The predicted octanol–water partition coefficient (Wildman–Crippen LogP) is 5.23.